The molecule has 5 aliphatic rings. The number of fused-ring (bicyclic) bond motifs is 3. The van der Waals surface area contributed by atoms with Crippen LogP contribution in [0.15, 0.2) is 0 Å². The van der Waals surface area contributed by atoms with Crippen molar-refractivity contribution in [2.45, 2.75) is 175 Å². The van der Waals surface area contributed by atoms with Crippen molar-refractivity contribution in [3.8, 4) is 0 Å². The molecule has 0 bridgehead atoms. The van der Waals surface area contributed by atoms with Crippen LogP contribution in [0.2, 0.25) is 0 Å². The van der Waals surface area contributed by atoms with Crippen LogP contribution >= 0.6 is 0 Å². The second kappa shape index (κ2) is 13.6. The van der Waals surface area contributed by atoms with Gasteiger partial charge in [-0.15, -0.1) is 0 Å². The highest BCUT2D eigenvalue weighted by atomic mass is 16.7. The van der Waals surface area contributed by atoms with Gasteiger partial charge in [0, 0.05) is 12.8 Å². The number of aliphatic hydroxyl groups is 3. The highest BCUT2D eigenvalue weighted by Gasteiger charge is 2.64. The molecule has 8 nitrogen and oxygen atoms in total. The van der Waals surface area contributed by atoms with Crippen molar-refractivity contribution in [1.29, 1.82) is 0 Å². The van der Waals surface area contributed by atoms with E-state index in [0.29, 0.717) is 43.6 Å². The third-order valence-electron chi connectivity index (χ3n) is 13.3. The molecular weight excluding hydrogens is 572 g/mol. The van der Waals surface area contributed by atoms with Gasteiger partial charge in [0.25, 0.3) is 0 Å². The normalized spacial score (nSPS) is 45.8. The summed E-state index contributed by atoms with van der Waals surface area (Å²) in [4.78, 5) is 12.3. The number of carbonyl (C=O) groups is 1. The van der Waals surface area contributed by atoms with E-state index in [1.807, 2.05) is 0 Å². The highest BCUT2D eigenvalue weighted by molar-refractivity contribution is 5.69. The van der Waals surface area contributed by atoms with Gasteiger partial charge in [-0.25, -0.2) is 0 Å². The summed E-state index contributed by atoms with van der Waals surface area (Å²) < 4.78 is 25.0. The molecule has 3 aliphatic carbocycles. The van der Waals surface area contributed by atoms with Gasteiger partial charge in [0.05, 0.1) is 42.7 Å². The molecule has 0 aromatic carbocycles. The fraction of sp³-hybridized carbons (Fsp3) is 0.973. The summed E-state index contributed by atoms with van der Waals surface area (Å²) in [6.45, 7) is 17.5. The van der Waals surface area contributed by atoms with Crippen molar-refractivity contribution in [2.75, 3.05) is 6.61 Å². The van der Waals surface area contributed by atoms with Crippen LogP contribution in [0.25, 0.3) is 0 Å². The fourth-order valence-corrected chi connectivity index (χ4v) is 11.1. The van der Waals surface area contributed by atoms with Gasteiger partial charge in [0.2, 0.25) is 0 Å². The topological polar surface area (TPSA) is 115 Å². The summed E-state index contributed by atoms with van der Waals surface area (Å²) in [5, 5.41) is 33.3. The van der Waals surface area contributed by atoms with E-state index in [4.69, 9.17) is 18.9 Å². The minimum atomic E-state index is -1.25. The summed E-state index contributed by atoms with van der Waals surface area (Å²) in [6, 6.07) is 0. The van der Waals surface area contributed by atoms with Crippen molar-refractivity contribution in [1.82, 2.24) is 0 Å². The average molecular weight is 637 g/mol. The molecule has 0 spiro atoms. The molecular formula is C37H64O8. The lowest BCUT2D eigenvalue weighted by molar-refractivity contribution is -0.240. The summed E-state index contributed by atoms with van der Waals surface area (Å²) in [7, 11) is 0. The minimum Gasteiger partial charge on any atom is -0.457 e. The van der Waals surface area contributed by atoms with E-state index >= 15 is 0 Å². The zero-order chi connectivity index (χ0) is 32.9. The number of rotatable bonds is 9. The Morgan fingerprint density at radius 2 is 1.73 bits per heavy atom. The number of hydrogen-bond acceptors (Lipinski definition) is 8. The first kappa shape index (κ1) is 35.5. The van der Waals surface area contributed by atoms with Crippen LogP contribution in [-0.2, 0) is 23.7 Å². The van der Waals surface area contributed by atoms with E-state index < -0.39 is 23.9 Å². The second-order valence-electron chi connectivity index (χ2n) is 17.1. The Kier molecular flexibility index (Phi) is 10.8. The largest absolute Gasteiger partial charge is 0.457 e. The first-order valence-corrected chi connectivity index (χ1v) is 18.3. The predicted molar refractivity (Wildman–Crippen MR) is 172 cm³/mol. The first-order valence-electron chi connectivity index (χ1n) is 18.3. The van der Waals surface area contributed by atoms with Crippen molar-refractivity contribution in [3.05, 3.63) is 0 Å². The molecule has 0 radical (unpaired) electrons. The second-order valence-corrected chi connectivity index (χ2v) is 17.1. The van der Waals surface area contributed by atoms with Gasteiger partial charge in [-0.3, -0.25) is 4.79 Å². The van der Waals surface area contributed by atoms with Crippen LogP contribution in [0.5, 0.6) is 0 Å². The fourth-order valence-electron chi connectivity index (χ4n) is 11.1. The van der Waals surface area contributed by atoms with E-state index in [1.54, 1.807) is 20.8 Å². The van der Waals surface area contributed by atoms with Crippen LogP contribution in [0, 0.1) is 46.3 Å². The summed E-state index contributed by atoms with van der Waals surface area (Å²) in [5.41, 5.74) is -1.28. The van der Waals surface area contributed by atoms with Crippen molar-refractivity contribution in [3.63, 3.8) is 0 Å². The zero-order valence-corrected chi connectivity index (χ0v) is 29.4. The Balaban J connectivity index is 1.30. The van der Waals surface area contributed by atoms with Crippen LogP contribution in [0.4, 0.5) is 0 Å². The summed E-state index contributed by atoms with van der Waals surface area (Å²) in [5.74, 6) is 1.84. The molecule has 45 heavy (non-hydrogen) atoms. The molecule has 2 aliphatic heterocycles. The summed E-state index contributed by atoms with van der Waals surface area (Å²) >= 11 is 0. The Labute approximate surface area is 272 Å². The van der Waals surface area contributed by atoms with E-state index in [1.165, 1.54) is 6.42 Å². The van der Waals surface area contributed by atoms with Crippen molar-refractivity contribution in [2.24, 2.45) is 46.3 Å². The number of carbonyl (C=O) groups excluding carboxylic acids is 1. The molecule has 0 aromatic rings. The molecule has 7 unspecified atom stereocenters. The van der Waals surface area contributed by atoms with E-state index in [9.17, 15) is 20.1 Å². The Hall–Kier alpha value is -0.770. The third-order valence-corrected chi connectivity index (χ3v) is 13.3. The average Bonchev–Trinajstić information content (AvgIpc) is 3.19. The quantitative estimate of drug-likeness (QED) is 0.263. The number of hydrogen-bond donors (Lipinski definition) is 3. The molecule has 3 N–H and O–H groups in total. The maximum absolute atomic E-state index is 12.3. The molecule has 14 atom stereocenters. The molecule has 0 aromatic heterocycles. The molecule has 5 rings (SSSR count). The molecule has 3 saturated carbocycles. The lowest BCUT2D eigenvalue weighted by atomic mass is 9.56. The molecule has 260 valence electrons. The number of ether oxygens (including phenoxy) is 4. The maximum Gasteiger partial charge on any atom is 0.305 e. The van der Waals surface area contributed by atoms with Gasteiger partial charge in [-0.1, -0.05) is 54.4 Å². The highest BCUT2D eigenvalue weighted by Crippen LogP contribution is 2.63. The monoisotopic (exact) mass is 636 g/mol. The SMILES string of the molecule is CCC(=O)O[C@@H]([C@H]1C[C@@H](C)C2C(O1)C(O)C1[C@H](CCC3C(C)CC[C@H](OC4C[C@@H](O)CCO4)C3(C)C)CCC[C@@]12C)C(C)(C)O. The molecule has 2 saturated heterocycles. The van der Waals surface area contributed by atoms with E-state index in [2.05, 4.69) is 34.6 Å². The van der Waals surface area contributed by atoms with Gasteiger partial charge in [-0.05, 0) is 105 Å². The number of esters is 1. The Bertz CT molecular complexity index is 1010. The molecule has 0 amide bonds. The Morgan fingerprint density at radius 3 is 2.40 bits per heavy atom. The standard InChI is InChI=1S/C37H64O8/c1-9-28(39)45-34(36(6,7)41)26-19-22(3)30-33(43-26)32(40)31-23(11-10-17-37(30,31)8)13-14-25-21(2)12-15-27(35(25,4)5)44-29-20-24(38)16-18-42-29/h21-27,29-34,38,40-41H,9-20H2,1-8H3/t21?,22-,23+,24+,25?,26-,27+,29?,30?,31?,32?,33?,34+,37-/m1/s1. The van der Waals surface area contributed by atoms with Crippen LogP contribution < -0.4 is 0 Å². The van der Waals surface area contributed by atoms with Gasteiger partial charge < -0.3 is 34.3 Å². The number of aliphatic hydroxyl groups excluding tert-OH is 2. The third kappa shape index (κ3) is 7.03. The minimum absolute atomic E-state index is 0.0137. The van der Waals surface area contributed by atoms with Gasteiger partial charge in [0.15, 0.2) is 12.4 Å². The van der Waals surface area contributed by atoms with E-state index in [-0.39, 0.29) is 65.6 Å². The van der Waals surface area contributed by atoms with Crippen LogP contribution in [-0.4, -0.2) is 76.4 Å². The first-order chi connectivity index (χ1) is 21.1. The Morgan fingerprint density at radius 1 is 1.00 bits per heavy atom. The zero-order valence-electron chi connectivity index (χ0n) is 29.4. The lowest BCUT2D eigenvalue weighted by Gasteiger charge is -2.51. The van der Waals surface area contributed by atoms with E-state index in [0.717, 1.165) is 38.5 Å². The van der Waals surface area contributed by atoms with Gasteiger partial charge >= 0.3 is 5.97 Å². The van der Waals surface area contributed by atoms with Gasteiger partial charge in [0.1, 0.15) is 0 Å². The van der Waals surface area contributed by atoms with Crippen LogP contribution in [0.3, 0.4) is 0 Å². The predicted octanol–water partition coefficient (Wildman–Crippen LogP) is 6.02. The summed E-state index contributed by atoms with van der Waals surface area (Å²) in [6.07, 6.45) is 7.19. The lowest BCUT2D eigenvalue weighted by Crippen LogP contribution is -2.55. The van der Waals surface area contributed by atoms with Crippen molar-refractivity contribution < 1.29 is 39.1 Å². The van der Waals surface area contributed by atoms with Crippen molar-refractivity contribution >= 4 is 5.97 Å². The molecule has 8 heteroatoms. The molecule has 5 fully saturated rings. The maximum atomic E-state index is 12.3. The smallest absolute Gasteiger partial charge is 0.305 e. The molecule has 2 heterocycles. The van der Waals surface area contributed by atoms with Gasteiger partial charge in [-0.2, -0.15) is 0 Å². The van der Waals surface area contributed by atoms with Crippen LogP contribution in [0.1, 0.15) is 126 Å².